The van der Waals surface area contributed by atoms with Crippen molar-refractivity contribution in [2.75, 3.05) is 13.2 Å². The van der Waals surface area contributed by atoms with E-state index in [1.807, 2.05) is 18.2 Å². The Morgan fingerprint density at radius 3 is 2.62 bits per heavy atom. The van der Waals surface area contributed by atoms with Crippen LogP contribution in [0.4, 0.5) is 4.39 Å². The number of carbonyl (C=O) groups excluding carboxylic acids is 1. The quantitative estimate of drug-likeness (QED) is 0.939. The number of fused-ring (bicyclic) bond motifs is 1. The van der Waals surface area contributed by atoms with Crippen LogP contribution in [0, 0.1) is 11.7 Å². The van der Waals surface area contributed by atoms with Crippen molar-refractivity contribution in [1.82, 2.24) is 5.32 Å². The number of nitrogens with one attached hydrogen (secondary N) is 1. The molecule has 124 valence electrons. The van der Waals surface area contributed by atoms with Gasteiger partial charge in [0.2, 0.25) is 5.91 Å². The number of benzene rings is 2. The first kappa shape index (κ1) is 15.0. The van der Waals surface area contributed by atoms with E-state index in [1.165, 1.54) is 12.1 Å². The standard InChI is InChI=1S/C19H18FNO3/c20-14-4-2-13(3-5-14)15-10-16(15)19(22)21-11-12-1-6-17-18(9-12)24-8-7-23-17/h1-6,9,15-16H,7-8,10-11H2,(H,21,22). The highest BCUT2D eigenvalue weighted by atomic mass is 19.1. The lowest BCUT2D eigenvalue weighted by Gasteiger charge is -2.19. The summed E-state index contributed by atoms with van der Waals surface area (Å²) in [5.41, 5.74) is 2.00. The Morgan fingerprint density at radius 2 is 1.83 bits per heavy atom. The molecule has 0 aromatic heterocycles. The summed E-state index contributed by atoms with van der Waals surface area (Å²) in [4.78, 5) is 12.3. The largest absolute Gasteiger partial charge is 0.486 e. The van der Waals surface area contributed by atoms with Crippen LogP contribution in [0.1, 0.15) is 23.5 Å². The molecule has 0 radical (unpaired) electrons. The fraction of sp³-hybridized carbons (Fsp3) is 0.316. The van der Waals surface area contributed by atoms with Gasteiger partial charge in [0.05, 0.1) is 0 Å². The molecular weight excluding hydrogens is 309 g/mol. The van der Waals surface area contributed by atoms with Gasteiger partial charge in [-0.2, -0.15) is 0 Å². The second-order valence-corrected chi connectivity index (χ2v) is 6.20. The Balaban J connectivity index is 1.33. The van der Waals surface area contributed by atoms with E-state index in [-0.39, 0.29) is 23.6 Å². The third-order valence-corrected chi connectivity index (χ3v) is 4.50. The molecule has 1 heterocycles. The molecule has 5 heteroatoms. The summed E-state index contributed by atoms with van der Waals surface area (Å²) >= 11 is 0. The number of rotatable bonds is 4. The molecule has 2 aromatic rings. The Morgan fingerprint density at radius 1 is 1.08 bits per heavy atom. The average molecular weight is 327 g/mol. The minimum absolute atomic E-state index is 0.0207. The maximum Gasteiger partial charge on any atom is 0.224 e. The molecule has 2 unspecified atom stereocenters. The predicted octanol–water partition coefficient (Wildman–Crippen LogP) is 3.02. The van der Waals surface area contributed by atoms with Gasteiger partial charge in [0, 0.05) is 12.5 Å². The monoisotopic (exact) mass is 327 g/mol. The van der Waals surface area contributed by atoms with Crippen LogP contribution in [-0.2, 0) is 11.3 Å². The van der Waals surface area contributed by atoms with Crippen LogP contribution in [0.5, 0.6) is 11.5 Å². The first-order valence-electron chi connectivity index (χ1n) is 8.12. The van der Waals surface area contributed by atoms with E-state index in [1.54, 1.807) is 12.1 Å². The number of halogens is 1. The number of carbonyl (C=O) groups is 1. The van der Waals surface area contributed by atoms with Gasteiger partial charge in [0.25, 0.3) is 0 Å². The Labute approximate surface area is 139 Å². The maximum atomic E-state index is 13.0. The van der Waals surface area contributed by atoms with E-state index < -0.39 is 0 Å². The number of ether oxygens (including phenoxy) is 2. The van der Waals surface area contributed by atoms with Crippen LogP contribution in [0.3, 0.4) is 0 Å². The number of hydrogen-bond acceptors (Lipinski definition) is 3. The normalized spacial score (nSPS) is 21.2. The Hall–Kier alpha value is -2.56. The zero-order chi connectivity index (χ0) is 16.5. The van der Waals surface area contributed by atoms with Crippen LogP contribution in [-0.4, -0.2) is 19.1 Å². The van der Waals surface area contributed by atoms with E-state index >= 15 is 0 Å². The predicted molar refractivity (Wildman–Crippen MR) is 86.5 cm³/mol. The van der Waals surface area contributed by atoms with Gasteiger partial charge < -0.3 is 14.8 Å². The molecule has 0 spiro atoms. The lowest BCUT2D eigenvalue weighted by atomic mass is 10.1. The van der Waals surface area contributed by atoms with Crippen molar-refractivity contribution < 1.29 is 18.7 Å². The van der Waals surface area contributed by atoms with E-state index in [0.29, 0.717) is 19.8 Å². The highest BCUT2D eigenvalue weighted by molar-refractivity contribution is 5.82. The van der Waals surface area contributed by atoms with Crippen molar-refractivity contribution in [2.24, 2.45) is 5.92 Å². The molecule has 2 aliphatic rings. The van der Waals surface area contributed by atoms with Gasteiger partial charge in [0.1, 0.15) is 19.0 Å². The summed E-state index contributed by atoms with van der Waals surface area (Å²) in [5.74, 6) is 1.44. The molecule has 24 heavy (non-hydrogen) atoms. The van der Waals surface area contributed by atoms with Gasteiger partial charge in [0.15, 0.2) is 11.5 Å². The SMILES string of the molecule is O=C(NCc1ccc2c(c1)OCCO2)C1CC1c1ccc(F)cc1. The molecule has 4 nitrogen and oxygen atoms in total. The second-order valence-electron chi connectivity index (χ2n) is 6.20. The third kappa shape index (κ3) is 3.07. The van der Waals surface area contributed by atoms with Gasteiger partial charge in [-0.1, -0.05) is 18.2 Å². The topological polar surface area (TPSA) is 47.6 Å². The van der Waals surface area contributed by atoms with Crippen LogP contribution >= 0.6 is 0 Å². The zero-order valence-electron chi connectivity index (χ0n) is 13.1. The fourth-order valence-corrected chi connectivity index (χ4v) is 3.08. The van der Waals surface area contributed by atoms with Crippen molar-refractivity contribution in [3.63, 3.8) is 0 Å². The summed E-state index contributed by atoms with van der Waals surface area (Å²) in [6, 6.07) is 12.1. The van der Waals surface area contributed by atoms with Gasteiger partial charge in [-0.3, -0.25) is 4.79 Å². The Bertz CT molecular complexity index is 760. The number of amides is 1. The highest BCUT2D eigenvalue weighted by Gasteiger charge is 2.43. The average Bonchev–Trinajstić information content (AvgIpc) is 3.41. The molecule has 0 bridgehead atoms. The first-order chi connectivity index (χ1) is 11.7. The summed E-state index contributed by atoms with van der Waals surface area (Å²) in [6.45, 7) is 1.57. The van der Waals surface area contributed by atoms with E-state index in [2.05, 4.69) is 5.32 Å². The first-order valence-corrected chi connectivity index (χ1v) is 8.12. The third-order valence-electron chi connectivity index (χ3n) is 4.50. The van der Waals surface area contributed by atoms with Crippen molar-refractivity contribution >= 4 is 5.91 Å². The van der Waals surface area contributed by atoms with Gasteiger partial charge in [-0.25, -0.2) is 4.39 Å². The van der Waals surface area contributed by atoms with Crippen molar-refractivity contribution in [1.29, 1.82) is 0 Å². The van der Waals surface area contributed by atoms with E-state index in [9.17, 15) is 9.18 Å². The fourth-order valence-electron chi connectivity index (χ4n) is 3.08. The summed E-state index contributed by atoms with van der Waals surface area (Å²) in [6.07, 6.45) is 0.818. The highest BCUT2D eigenvalue weighted by Crippen LogP contribution is 2.47. The molecule has 1 aliphatic carbocycles. The smallest absolute Gasteiger partial charge is 0.224 e. The van der Waals surface area contributed by atoms with Crippen LogP contribution in [0.25, 0.3) is 0 Å². The molecule has 0 saturated heterocycles. The molecule has 4 rings (SSSR count). The molecule has 1 saturated carbocycles. The van der Waals surface area contributed by atoms with Crippen molar-refractivity contribution in [2.45, 2.75) is 18.9 Å². The summed E-state index contributed by atoms with van der Waals surface area (Å²) < 4.78 is 24.0. The van der Waals surface area contributed by atoms with Crippen molar-refractivity contribution in [3.05, 3.63) is 59.4 Å². The molecular formula is C19H18FNO3. The minimum atomic E-state index is -0.251. The van der Waals surface area contributed by atoms with Crippen LogP contribution in [0.15, 0.2) is 42.5 Å². The molecule has 2 aromatic carbocycles. The molecule has 1 fully saturated rings. The molecule has 1 N–H and O–H groups in total. The lowest BCUT2D eigenvalue weighted by Crippen LogP contribution is -2.25. The van der Waals surface area contributed by atoms with Crippen LogP contribution < -0.4 is 14.8 Å². The summed E-state index contributed by atoms with van der Waals surface area (Å²) in [5, 5.41) is 2.97. The molecule has 2 atom stereocenters. The van der Waals surface area contributed by atoms with E-state index in [4.69, 9.17) is 9.47 Å². The van der Waals surface area contributed by atoms with Gasteiger partial charge >= 0.3 is 0 Å². The lowest BCUT2D eigenvalue weighted by molar-refractivity contribution is -0.122. The van der Waals surface area contributed by atoms with E-state index in [0.717, 1.165) is 29.0 Å². The Kier molecular flexibility index (Phi) is 3.84. The molecule has 1 aliphatic heterocycles. The zero-order valence-corrected chi connectivity index (χ0v) is 13.1. The summed E-state index contributed by atoms with van der Waals surface area (Å²) in [7, 11) is 0. The van der Waals surface area contributed by atoms with Gasteiger partial charge in [-0.05, 0) is 47.7 Å². The molecule has 1 amide bonds. The maximum absolute atomic E-state index is 13.0. The van der Waals surface area contributed by atoms with Gasteiger partial charge in [-0.15, -0.1) is 0 Å². The minimum Gasteiger partial charge on any atom is -0.486 e. The second kappa shape index (κ2) is 6.15. The number of hydrogen-bond donors (Lipinski definition) is 1. The van der Waals surface area contributed by atoms with Crippen molar-refractivity contribution in [3.8, 4) is 11.5 Å². The van der Waals surface area contributed by atoms with Crippen LogP contribution in [0.2, 0.25) is 0 Å².